The average Bonchev–Trinajstić information content (AvgIpc) is 3.45. The van der Waals surface area contributed by atoms with E-state index >= 15 is 0 Å². The molecule has 0 heterocycles. The first-order chi connectivity index (χ1) is 39.0. The van der Waals surface area contributed by atoms with Crippen LogP contribution in [0.3, 0.4) is 0 Å². The van der Waals surface area contributed by atoms with E-state index in [-0.39, 0.29) is 37.5 Å². The molecule has 79 heavy (non-hydrogen) atoms. The molecule has 0 saturated carbocycles. The Morgan fingerprint density at radius 3 is 0.848 bits per heavy atom. The highest BCUT2D eigenvalue weighted by atomic mass is 16.6. The Hall–Kier alpha value is -4.71. The number of allylic oxidation sites excluding steroid dienone is 24. The van der Waals surface area contributed by atoms with Gasteiger partial charge in [-0.3, -0.25) is 14.4 Å². The molecule has 0 fully saturated rings. The molecule has 0 spiro atoms. The van der Waals surface area contributed by atoms with E-state index in [0.29, 0.717) is 19.3 Å². The number of hydrogen-bond acceptors (Lipinski definition) is 6. The van der Waals surface area contributed by atoms with Crippen molar-refractivity contribution in [2.24, 2.45) is 0 Å². The van der Waals surface area contributed by atoms with Crippen LogP contribution in [0.4, 0.5) is 0 Å². The molecule has 0 N–H and O–H groups in total. The molecule has 0 aromatic rings. The highest BCUT2D eigenvalue weighted by molar-refractivity contribution is 5.71. The highest BCUT2D eigenvalue weighted by Crippen LogP contribution is 2.15. The second-order valence-electron chi connectivity index (χ2n) is 20.9. The highest BCUT2D eigenvalue weighted by Gasteiger charge is 2.19. The Morgan fingerprint density at radius 1 is 0.266 bits per heavy atom. The predicted molar refractivity (Wildman–Crippen MR) is 343 cm³/mol. The van der Waals surface area contributed by atoms with Gasteiger partial charge in [-0.15, -0.1) is 0 Å². The van der Waals surface area contributed by atoms with Gasteiger partial charge in [-0.05, 0) is 128 Å². The Labute approximate surface area is 487 Å². The summed E-state index contributed by atoms with van der Waals surface area (Å²) in [6.07, 6.45) is 94.5. The maximum Gasteiger partial charge on any atom is 0.306 e. The van der Waals surface area contributed by atoms with Crippen LogP contribution < -0.4 is 0 Å². The molecule has 0 aliphatic carbocycles. The standard InChI is InChI=1S/C73H118O6/c1-4-7-10-13-16-19-22-25-27-29-30-31-32-33-34-35-36-37-38-39-40-41-42-44-45-48-51-54-57-60-63-66-72(75)78-69-70(68-77-71(74)65-62-59-56-53-50-47-24-21-18-15-12-9-6-3)79-73(76)67-64-61-58-55-52-49-46-43-28-26-23-20-17-14-11-8-5-2/h7,9-10,12,16-21,25-28,30-31,33-34,36-37,47,50,56,59,70H,4-6,8,11,13-15,22-24,29,32,35,38-46,48-49,51-55,57-58,60-69H2,1-3H3/b10-7-,12-9-,19-16-,20-17-,21-18-,27-25-,28-26-,31-30-,34-33-,37-36-,50-47-,59-56-. The zero-order valence-electron chi connectivity index (χ0n) is 51.1. The lowest BCUT2D eigenvalue weighted by Crippen LogP contribution is -2.30. The number of rotatable bonds is 57. The van der Waals surface area contributed by atoms with Crippen molar-refractivity contribution in [2.45, 2.75) is 284 Å². The van der Waals surface area contributed by atoms with Gasteiger partial charge < -0.3 is 14.2 Å². The molecule has 0 aromatic heterocycles. The SMILES string of the molecule is CC/C=C\C/C=C\C/C=C\C/C=C\C/C=C\C/C=C\CCCCCCCCCCCCCCC(=O)OCC(COC(=O)CC/C=C\C/C=C\C/C=C\C/C=C\CC)OC(=O)CCCCCCCCC/C=C\C/C=C\CCCCC. The van der Waals surface area contributed by atoms with Crippen molar-refractivity contribution in [3.63, 3.8) is 0 Å². The largest absolute Gasteiger partial charge is 0.462 e. The third kappa shape index (κ3) is 64.0. The number of carbonyl (C=O) groups is 3. The average molecular weight is 1090 g/mol. The van der Waals surface area contributed by atoms with Gasteiger partial charge in [0.05, 0.1) is 0 Å². The minimum Gasteiger partial charge on any atom is -0.462 e. The molecule has 446 valence electrons. The minimum atomic E-state index is -0.818. The normalized spacial score (nSPS) is 13.1. The lowest BCUT2D eigenvalue weighted by Gasteiger charge is -2.18. The van der Waals surface area contributed by atoms with Crippen LogP contribution in [-0.2, 0) is 28.6 Å². The van der Waals surface area contributed by atoms with Crippen LogP contribution in [-0.4, -0.2) is 37.2 Å². The summed E-state index contributed by atoms with van der Waals surface area (Å²) in [5.41, 5.74) is 0. The molecule has 0 amide bonds. The smallest absolute Gasteiger partial charge is 0.306 e. The van der Waals surface area contributed by atoms with Crippen molar-refractivity contribution < 1.29 is 28.6 Å². The van der Waals surface area contributed by atoms with E-state index in [0.717, 1.165) is 116 Å². The second kappa shape index (κ2) is 65.8. The first-order valence-corrected chi connectivity index (χ1v) is 32.3. The van der Waals surface area contributed by atoms with Crippen molar-refractivity contribution in [2.75, 3.05) is 13.2 Å². The van der Waals surface area contributed by atoms with Gasteiger partial charge in [-0.2, -0.15) is 0 Å². The van der Waals surface area contributed by atoms with Crippen molar-refractivity contribution in [1.82, 2.24) is 0 Å². The summed E-state index contributed by atoms with van der Waals surface area (Å²) in [7, 11) is 0. The zero-order chi connectivity index (χ0) is 57.1. The lowest BCUT2D eigenvalue weighted by molar-refractivity contribution is -0.166. The number of ether oxygens (including phenoxy) is 3. The fourth-order valence-electron chi connectivity index (χ4n) is 8.55. The molecule has 0 bridgehead atoms. The molecule has 0 aliphatic heterocycles. The van der Waals surface area contributed by atoms with Gasteiger partial charge in [0, 0.05) is 19.3 Å². The number of unbranched alkanes of at least 4 members (excludes halogenated alkanes) is 22. The van der Waals surface area contributed by atoms with Crippen LogP contribution in [0, 0.1) is 0 Å². The molecule has 0 radical (unpaired) electrons. The Morgan fingerprint density at radius 2 is 0.519 bits per heavy atom. The number of hydrogen-bond donors (Lipinski definition) is 0. The summed E-state index contributed by atoms with van der Waals surface area (Å²) >= 11 is 0. The van der Waals surface area contributed by atoms with Crippen LogP contribution in [0.1, 0.15) is 278 Å². The first-order valence-electron chi connectivity index (χ1n) is 32.3. The van der Waals surface area contributed by atoms with E-state index in [2.05, 4.69) is 161 Å². The van der Waals surface area contributed by atoms with Gasteiger partial charge in [0.2, 0.25) is 0 Å². The van der Waals surface area contributed by atoms with Crippen LogP contribution in [0.5, 0.6) is 0 Å². The molecular formula is C73H118O6. The molecule has 0 rings (SSSR count). The summed E-state index contributed by atoms with van der Waals surface area (Å²) < 4.78 is 16.8. The topological polar surface area (TPSA) is 78.9 Å². The van der Waals surface area contributed by atoms with E-state index in [1.54, 1.807) is 0 Å². The van der Waals surface area contributed by atoms with Gasteiger partial charge in [0.15, 0.2) is 6.10 Å². The monoisotopic (exact) mass is 1090 g/mol. The number of esters is 3. The van der Waals surface area contributed by atoms with Crippen molar-refractivity contribution in [3.05, 3.63) is 146 Å². The van der Waals surface area contributed by atoms with E-state index in [9.17, 15) is 14.4 Å². The first kappa shape index (κ1) is 74.3. The minimum absolute atomic E-state index is 0.108. The van der Waals surface area contributed by atoms with Crippen molar-refractivity contribution >= 4 is 17.9 Å². The van der Waals surface area contributed by atoms with E-state index in [1.807, 2.05) is 6.08 Å². The van der Waals surface area contributed by atoms with Gasteiger partial charge in [-0.25, -0.2) is 0 Å². The van der Waals surface area contributed by atoms with Crippen LogP contribution in [0.25, 0.3) is 0 Å². The maximum absolute atomic E-state index is 12.9. The summed E-state index contributed by atoms with van der Waals surface area (Å²) in [5, 5.41) is 0. The summed E-state index contributed by atoms with van der Waals surface area (Å²) in [5.74, 6) is -1.00. The zero-order valence-corrected chi connectivity index (χ0v) is 51.1. The van der Waals surface area contributed by atoms with E-state index in [4.69, 9.17) is 14.2 Å². The fourth-order valence-corrected chi connectivity index (χ4v) is 8.55. The van der Waals surface area contributed by atoms with Crippen molar-refractivity contribution in [3.8, 4) is 0 Å². The molecular weight excluding hydrogens is 973 g/mol. The van der Waals surface area contributed by atoms with Gasteiger partial charge in [0.25, 0.3) is 0 Å². The summed E-state index contributed by atoms with van der Waals surface area (Å²) in [6, 6.07) is 0. The van der Waals surface area contributed by atoms with Gasteiger partial charge in [-0.1, -0.05) is 276 Å². The van der Waals surface area contributed by atoms with Crippen LogP contribution in [0.15, 0.2) is 146 Å². The van der Waals surface area contributed by atoms with E-state index < -0.39 is 6.10 Å². The third-order valence-electron chi connectivity index (χ3n) is 13.3. The maximum atomic E-state index is 12.9. The van der Waals surface area contributed by atoms with Gasteiger partial charge >= 0.3 is 17.9 Å². The van der Waals surface area contributed by atoms with Crippen LogP contribution in [0.2, 0.25) is 0 Å². The Balaban J connectivity index is 4.31. The Kier molecular flexibility index (Phi) is 61.9. The molecule has 6 heteroatoms. The molecule has 6 nitrogen and oxygen atoms in total. The second-order valence-corrected chi connectivity index (χ2v) is 20.9. The van der Waals surface area contributed by atoms with E-state index in [1.165, 1.54) is 116 Å². The molecule has 0 aromatic carbocycles. The predicted octanol–water partition coefficient (Wildman–Crippen LogP) is 22.3. The summed E-state index contributed by atoms with van der Waals surface area (Å²) in [6.45, 7) is 6.32. The molecule has 0 aliphatic rings. The third-order valence-corrected chi connectivity index (χ3v) is 13.3. The lowest BCUT2D eigenvalue weighted by atomic mass is 10.0. The summed E-state index contributed by atoms with van der Waals surface area (Å²) in [4.78, 5) is 38.2. The molecule has 1 atom stereocenters. The fraction of sp³-hybridized carbons (Fsp3) is 0.630. The quantitative estimate of drug-likeness (QED) is 0.0261. The number of carbonyl (C=O) groups excluding carboxylic acids is 3. The van der Waals surface area contributed by atoms with Crippen LogP contribution >= 0.6 is 0 Å². The molecule has 0 saturated heterocycles. The van der Waals surface area contributed by atoms with Crippen molar-refractivity contribution in [1.29, 1.82) is 0 Å². The molecule has 1 unspecified atom stereocenters. The van der Waals surface area contributed by atoms with Gasteiger partial charge in [0.1, 0.15) is 13.2 Å². The Bertz CT molecular complexity index is 1730.